The fourth-order valence-electron chi connectivity index (χ4n) is 4.78. The van der Waals surface area contributed by atoms with Crippen molar-refractivity contribution >= 4 is 12.1 Å². The third-order valence-electron chi connectivity index (χ3n) is 6.46. The summed E-state index contributed by atoms with van der Waals surface area (Å²) in [7, 11) is 3.75. The summed E-state index contributed by atoms with van der Waals surface area (Å²) in [6.45, 7) is 14.5. The predicted molar refractivity (Wildman–Crippen MR) is 163 cm³/mol. The number of halogens is 1. The molecule has 2 aromatic carbocycles. The van der Waals surface area contributed by atoms with Crippen LogP contribution in [0.2, 0.25) is 0 Å². The van der Waals surface area contributed by atoms with Gasteiger partial charge in [0.25, 0.3) is 0 Å². The molecule has 2 aliphatic rings. The molecular weight excluding hydrogens is 491 g/mol. The van der Waals surface area contributed by atoms with Crippen molar-refractivity contribution in [3.8, 4) is 5.75 Å². The lowest BCUT2D eigenvalue weighted by molar-refractivity contribution is -0.109. The van der Waals surface area contributed by atoms with Crippen molar-refractivity contribution in [3.63, 3.8) is 0 Å². The minimum Gasteiger partial charge on any atom is -0.489 e. The maximum atomic E-state index is 12.5. The number of ether oxygens (including phenoxy) is 1. The zero-order chi connectivity index (χ0) is 28.9. The molecule has 0 aromatic heterocycles. The zero-order valence-corrected chi connectivity index (χ0v) is 25.2. The van der Waals surface area contributed by atoms with Gasteiger partial charge in [0.15, 0.2) is 0 Å². The highest BCUT2D eigenvalue weighted by atomic mass is 19.1. The van der Waals surface area contributed by atoms with Crippen molar-refractivity contribution in [1.29, 1.82) is 0 Å². The Morgan fingerprint density at radius 1 is 0.974 bits per heavy atom. The Morgan fingerprint density at radius 3 is 2.21 bits per heavy atom. The van der Waals surface area contributed by atoms with Gasteiger partial charge in [-0.1, -0.05) is 57.4 Å². The average molecular weight is 545 g/mol. The van der Waals surface area contributed by atoms with Gasteiger partial charge in [-0.15, -0.1) is 0 Å². The molecule has 1 heterocycles. The molecular formula is C32H53FN4O2. The smallest absolute Gasteiger partial charge is 0.207 e. The summed E-state index contributed by atoms with van der Waals surface area (Å²) in [5.74, 6) is 1.70. The predicted octanol–water partition coefficient (Wildman–Crippen LogP) is 6.11. The molecule has 1 aliphatic heterocycles. The number of carbonyl (C=O) groups is 1. The van der Waals surface area contributed by atoms with E-state index in [1.807, 2.05) is 27.9 Å². The van der Waals surface area contributed by atoms with Crippen molar-refractivity contribution in [2.24, 2.45) is 5.92 Å². The maximum Gasteiger partial charge on any atom is 0.207 e. The molecule has 2 N–H and O–H groups in total. The van der Waals surface area contributed by atoms with Crippen LogP contribution in [-0.4, -0.2) is 64.2 Å². The van der Waals surface area contributed by atoms with Gasteiger partial charge < -0.3 is 20.3 Å². The van der Waals surface area contributed by atoms with Gasteiger partial charge in [0.1, 0.15) is 11.6 Å². The van der Waals surface area contributed by atoms with E-state index in [-0.39, 0.29) is 11.9 Å². The molecule has 1 aliphatic carbocycles. The Bertz CT molecular complexity index is 882. The van der Waals surface area contributed by atoms with Crippen LogP contribution in [0.3, 0.4) is 0 Å². The molecule has 7 heteroatoms. The number of hydrogen-bond acceptors (Lipinski definition) is 5. The van der Waals surface area contributed by atoms with E-state index in [2.05, 4.69) is 58.5 Å². The van der Waals surface area contributed by atoms with Crippen molar-refractivity contribution in [3.05, 3.63) is 59.9 Å². The highest BCUT2D eigenvalue weighted by Gasteiger charge is 2.23. The maximum absolute atomic E-state index is 12.5. The van der Waals surface area contributed by atoms with Crippen LogP contribution in [0.25, 0.3) is 0 Å². The normalized spacial score (nSPS) is 15.5. The van der Waals surface area contributed by atoms with Crippen LogP contribution in [0, 0.1) is 11.7 Å². The van der Waals surface area contributed by atoms with Crippen LogP contribution in [0.15, 0.2) is 48.5 Å². The number of rotatable bonds is 8. The molecule has 0 unspecified atom stereocenters. The summed E-state index contributed by atoms with van der Waals surface area (Å²) in [5, 5.41) is 5.19. The first-order chi connectivity index (χ1) is 19.0. The summed E-state index contributed by atoms with van der Waals surface area (Å²) in [5.41, 5.74) is 2.02. The standard InChI is InChI=1S/C20H32N2O.C8H8FNO.C2H7N.C2H6/c1-17(2)23-20-11-7-6-10-19(20)22-14-12-21(13-15-22)16-18-8-4-3-5-9-18;9-8-3-1-2-7(4-8)5-10-6-11;1-3-2;1-2/h6-7,10-11,17-18H,3-5,8-9,12-16H2,1-2H3;1-4,6H,5H2,(H,10,11);3H,1-2H3;1-2H3. The molecule has 0 spiro atoms. The first-order valence-corrected chi connectivity index (χ1v) is 14.7. The summed E-state index contributed by atoms with van der Waals surface area (Å²) in [6, 6.07) is 14.6. The largest absolute Gasteiger partial charge is 0.489 e. The topological polar surface area (TPSA) is 56.8 Å². The van der Waals surface area contributed by atoms with Crippen LogP contribution >= 0.6 is 0 Å². The summed E-state index contributed by atoms with van der Waals surface area (Å²) >= 11 is 0. The van der Waals surface area contributed by atoms with Crippen LogP contribution in [0.5, 0.6) is 5.75 Å². The molecule has 4 rings (SSSR count). The van der Waals surface area contributed by atoms with E-state index < -0.39 is 0 Å². The van der Waals surface area contributed by atoms with Gasteiger partial charge in [-0.05, 0) is 76.5 Å². The van der Waals surface area contributed by atoms with Gasteiger partial charge in [-0.2, -0.15) is 0 Å². The Morgan fingerprint density at radius 2 is 1.62 bits per heavy atom. The van der Waals surface area contributed by atoms with Crippen molar-refractivity contribution < 1.29 is 13.9 Å². The number of benzene rings is 2. The second kappa shape index (κ2) is 21.2. The Hall–Kier alpha value is -2.64. The zero-order valence-electron chi connectivity index (χ0n) is 25.2. The first kappa shape index (κ1) is 34.4. The van der Waals surface area contributed by atoms with E-state index >= 15 is 0 Å². The number of amides is 1. The highest BCUT2D eigenvalue weighted by molar-refractivity contribution is 5.58. The quantitative estimate of drug-likeness (QED) is 0.393. The molecule has 0 radical (unpaired) electrons. The minimum absolute atomic E-state index is 0.226. The van der Waals surface area contributed by atoms with E-state index in [0.29, 0.717) is 13.0 Å². The van der Waals surface area contributed by atoms with Crippen molar-refractivity contribution in [2.45, 2.75) is 72.4 Å². The van der Waals surface area contributed by atoms with Gasteiger partial charge in [-0.25, -0.2) is 4.39 Å². The highest BCUT2D eigenvalue weighted by Crippen LogP contribution is 2.30. The van der Waals surface area contributed by atoms with E-state index in [1.54, 1.807) is 12.1 Å². The Kier molecular flexibility index (Phi) is 18.7. The van der Waals surface area contributed by atoms with E-state index in [9.17, 15) is 9.18 Å². The molecule has 1 saturated carbocycles. The molecule has 0 bridgehead atoms. The number of anilines is 1. The molecule has 220 valence electrons. The van der Waals surface area contributed by atoms with Crippen LogP contribution in [0.1, 0.15) is 65.4 Å². The number of para-hydroxylation sites is 2. The summed E-state index contributed by atoms with van der Waals surface area (Å²) < 4.78 is 18.5. The van der Waals surface area contributed by atoms with Crippen LogP contribution < -0.4 is 20.3 Å². The van der Waals surface area contributed by atoms with Gasteiger partial charge in [0.2, 0.25) is 6.41 Å². The molecule has 1 saturated heterocycles. The molecule has 0 atom stereocenters. The molecule has 1 amide bonds. The number of hydrogen-bond donors (Lipinski definition) is 2. The van der Waals surface area contributed by atoms with E-state index in [4.69, 9.17) is 4.74 Å². The van der Waals surface area contributed by atoms with Gasteiger partial charge in [0, 0.05) is 39.3 Å². The van der Waals surface area contributed by atoms with Crippen molar-refractivity contribution in [1.82, 2.24) is 15.5 Å². The van der Waals surface area contributed by atoms with Gasteiger partial charge in [-0.3, -0.25) is 9.69 Å². The minimum atomic E-state index is -0.282. The fraction of sp³-hybridized carbons (Fsp3) is 0.594. The summed E-state index contributed by atoms with van der Waals surface area (Å²) in [6.07, 6.45) is 8.07. The Balaban J connectivity index is 0.000000397. The van der Waals surface area contributed by atoms with Crippen LogP contribution in [0.4, 0.5) is 10.1 Å². The van der Waals surface area contributed by atoms with E-state index in [0.717, 1.165) is 30.3 Å². The van der Waals surface area contributed by atoms with E-state index in [1.165, 1.54) is 69.6 Å². The Labute approximate surface area is 237 Å². The van der Waals surface area contributed by atoms with Crippen molar-refractivity contribution in [2.75, 3.05) is 51.7 Å². The molecule has 2 aromatic rings. The number of carbonyl (C=O) groups excluding carboxylic acids is 1. The second-order valence-electron chi connectivity index (χ2n) is 10.1. The molecule has 2 fully saturated rings. The number of nitrogens with zero attached hydrogens (tertiary/aromatic N) is 2. The fourth-order valence-corrected chi connectivity index (χ4v) is 4.78. The lowest BCUT2D eigenvalue weighted by atomic mass is 9.89. The van der Waals surface area contributed by atoms with Gasteiger partial charge in [0.05, 0.1) is 11.8 Å². The third kappa shape index (κ3) is 14.4. The first-order valence-electron chi connectivity index (χ1n) is 14.7. The second-order valence-corrected chi connectivity index (χ2v) is 10.1. The number of nitrogens with one attached hydrogen (secondary N) is 2. The number of piperazine rings is 1. The third-order valence-corrected chi connectivity index (χ3v) is 6.46. The van der Waals surface area contributed by atoms with Gasteiger partial charge >= 0.3 is 0 Å². The lowest BCUT2D eigenvalue weighted by Crippen LogP contribution is -2.48. The monoisotopic (exact) mass is 544 g/mol. The molecule has 39 heavy (non-hydrogen) atoms. The SMILES string of the molecule is CC.CC(C)Oc1ccccc1N1CCN(CC2CCCCC2)CC1.CNC.O=CNCc1cccc(F)c1. The molecule has 6 nitrogen and oxygen atoms in total. The van der Waals surface area contributed by atoms with Crippen LogP contribution in [-0.2, 0) is 11.3 Å². The average Bonchev–Trinajstić information content (AvgIpc) is 2.95. The summed E-state index contributed by atoms with van der Waals surface area (Å²) in [4.78, 5) is 15.0. The lowest BCUT2D eigenvalue weighted by Gasteiger charge is -2.38.